The molecule has 2 atom stereocenters. The van der Waals surface area contributed by atoms with E-state index in [1.807, 2.05) is 6.07 Å². The Morgan fingerprint density at radius 2 is 1.90 bits per heavy atom. The van der Waals surface area contributed by atoms with Crippen molar-refractivity contribution in [2.75, 3.05) is 5.75 Å². The summed E-state index contributed by atoms with van der Waals surface area (Å²) in [4.78, 5) is 69.4. The number of fused-ring (bicyclic) bond motifs is 1. The minimum Gasteiger partial charge on any atom is -0.477 e. The topological polar surface area (TPSA) is 139 Å². The summed E-state index contributed by atoms with van der Waals surface area (Å²) in [5.41, 5.74) is -0.0855. The number of carboxylic acids is 1. The predicted octanol–water partition coefficient (Wildman–Crippen LogP) is 0.379. The number of carboxylic acid groups (broad SMARTS) is 1. The van der Waals surface area contributed by atoms with Crippen molar-refractivity contribution < 1.29 is 38.9 Å². The molecule has 2 aliphatic rings. The molecule has 30 heavy (non-hydrogen) atoms. The van der Waals surface area contributed by atoms with Gasteiger partial charge in [0.05, 0.1) is 12.0 Å². The fourth-order valence-electron chi connectivity index (χ4n) is 2.97. The summed E-state index contributed by atoms with van der Waals surface area (Å²) in [5.74, 6) is -4.59. The van der Waals surface area contributed by atoms with Crippen molar-refractivity contribution in [1.29, 1.82) is 0 Å². The molecule has 0 spiro atoms. The van der Waals surface area contributed by atoms with Crippen LogP contribution in [-0.4, -0.2) is 56.9 Å². The fraction of sp³-hybridized carbons (Fsp3) is 0.316. The van der Waals surface area contributed by atoms with Crippen LogP contribution in [0.5, 0.6) is 0 Å². The van der Waals surface area contributed by atoms with Crippen molar-refractivity contribution >= 4 is 41.5 Å². The molecule has 0 aromatic heterocycles. The molecule has 3 rings (SSSR count). The van der Waals surface area contributed by atoms with Crippen molar-refractivity contribution in [3.05, 3.63) is 47.2 Å². The van der Waals surface area contributed by atoms with Gasteiger partial charge in [-0.1, -0.05) is 37.3 Å². The molecule has 1 fully saturated rings. The largest absolute Gasteiger partial charge is 0.477 e. The van der Waals surface area contributed by atoms with Gasteiger partial charge in [0.2, 0.25) is 5.91 Å². The zero-order chi connectivity index (χ0) is 21.8. The normalized spacial score (nSPS) is 20.0. The van der Waals surface area contributed by atoms with Gasteiger partial charge in [0.15, 0.2) is 0 Å². The monoisotopic (exact) mass is 434 g/mol. The number of hydrogen-bond acceptors (Lipinski definition) is 8. The molecule has 2 aliphatic heterocycles. The van der Waals surface area contributed by atoms with Gasteiger partial charge >= 0.3 is 17.9 Å². The standard InChI is InChI=1S/C19H18N2O8S/c1-2-13(23)28-29-19(27)11-9-30-17-14(16(24)21(17)15(11)18(25)26)20-12(22)8-10-6-4-3-5-7-10/h3-7,14,17H,2,8-9H2,1H3,(H,20,22)(H,25,26)/t14?,17-/m1/s1. The van der Waals surface area contributed by atoms with E-state index in [0.717, 1.165) is 22.2 Å². The van der Waals surface area contributed by atoms with E-state index < -0.39 is 40.9 Å². The number of carbonyl (C=O) groups excluding carboxylic acids is 4. The molecule has 2 amide bonds. The Morgan fingerprint density at radius 1 is 1.20 bits per heavy atom. The van der Waals surface area contributed by atoms with E-state index in [0.29, 0.717) is 0 Å². The van der Waals surface area contributed by atoms with Gasteiger partial charge in [-0.15, -0.1) is 11.8 Å². The molecule has 0 aliphatic carbocycles. The van der Waals surface area contributed by atoms with E-state index in [1.54, 1.807) is 24.3 Å². The van der Waals surface area contributed by atoms with Crippen molar-refractivity contribution in [1.82, 2.24) is 10.2 Å². The van der Waals surface area contributed by atoms with Gasteiger partial charge in [-0.2, -0.15) is 0 Å². The number of carbonyl (C=O) groups is 5. The molecule has 10 nitrogen and oxygen atoms in total. The summed E-state index contributed by atoms with van der Waals surface area (Å²) in [6.45, 7) is 1.49. The highest BCUT2D eigenvalue weighted by Crippen LogP contribution is 2.40. The Hall–Kier alpha value is -3.34. The van der Waals surface area contributed by atoms with Gasteiger partial charge in [0, 0.05) is 12.2 Å². The van der Waals surface area contributed by atoms with Crippen molar-refractivity contribution in [3.8, 4) is 0 Å². The molecule has 0 radical (unpaired) electrons. The maximum Gasteiger partial charge on any atom is 0.385 e. The first kappa shape index (κ1) is 21.4. The smallest absolute Gasteiger partial charge is 0.385 e. The first-order valence-corrected chi connectivity index (χ1v) is 10.0. The Kier molecular flexibility index (Phi) is 6.40. The number of thioether (sulfide) groups is 1. The van der Waals surface area contributed by atoms with Crippen molar-refractivity contribution in [2.45, 2.75) is 31.2 Å². The summed E-state index contributed by atoms with van der Waals surface area (Å²) < 4.78 is 0. The van der Waals surface area contributed by atoms with Crippen molar-refractivity contribution in [3.63, 3.8) is 0 Å². The van der Waals surface area contributed by atoms with E-state index in [2.05, 4.69) is 15.1 Å². The first-order chi connectivity index (χ1) is 14.3. The third-order valence-electron chi connectivity index (χ3n) is 4.44. The highest BCUT2D eigenvalue weighted by atomic mass is 32.2. The maximum atomic E-state index is 12.5. The fourth-order valence-corrected chi connectivity index (χ4v) is 4.30. The molecule has 0 bridgehead atoms. The third kappa shape index (κ3) is 4.30. The molecule has 158 valence electrons. The average Bonchev–Trinajstić information content (AvgIpc) is 2.74. The van der Waals surface area contributed by atoms with E-state index in [-0.39, 0.29) is 30.1 Å². The molecular formula is C19H18N2O8S. The Morgan fingerprint density at radius 3 is 2.53 bits per heavy atom. The van der Waals surface area contributed by atoms with Crippen LogP contribution in [0.4, 0.5) is 0 Å². The second kappa shape index (κ2) is 8.99. The zero-order valence-corrected chi connectivity index (χ0v) is 16.6. The first-order valence-electron chi connectivity index (χ1n) is 8.99. The number of rotatable bonds is 6. The van der Waals surface area contributed by atoms with Gasteiger partial charge in [-0.05, 0) is 5.56 Å². The highest BCUT2D eigenvalue weighted by Gasteiger charge is 2.55. The minimum absolute atomic E-state index is 0.0378. The molecule has 1 saturated heterocycles. The lowest BCUT2D eigenvalue weighted by atomic mass is 10.0. The van der Waals surface area contributed by atoms with Gasteiger partial charge in [-0.3, -0.25) is 14.5 Å². The number of nitrogens with zero attached hydrogens (tertiary/aromatic N) is 1. The van der Waals surface area contributed by atoms with E-state index >= 15 is 0 Å². The highest BCUT2D eigenvalue weighted by molar-refractivity contribution is 8.00. The lowest BCUT2D eigenvalue weighted by molar-refractivity contribution is -0.255. The lowest BCUT2D eigenvalue weighted by Gasteiger charge is -2.49. The molecule has 11 heteroatoms. The van der Waals surface area contributed by atoms with E-state index in [9.17, 15) is 29.1 Å². The summed E-state index contributed by atoms with van der Waals surface area (Å²) in [6, 6.07) is 8.04. The quantitative estimate of drug-likeness (QED) is 0.369. The summed E-state index contributed by atoms with van der Waals surface area (Å²) in [5, 5.41) is 11.5. The van der Waals surface area contributed by atoms with Gasteiger partial charge in [0.1, 0.15) is 17.1 Å². The van der Waals surface area contributed by atoms with Gasteiger partial charge < -0.3 is 10.4 Å². The number of hydrogen-bond donors (Lipinski definition) is 2. The molecule has 2 heterocycles. The van der Waals surface area contributed by atoms with Crippen LogP contribution in [0.2, 0.25) is 0 Å². The van der Waals surface area contributed by atoms with Crippen LogP contribution in [0, 0.1) is 0 Å². The second-order valence-electron chi connectivity index (χ2n) is 6.43. The predicted molar refractivity (Wildman–Crippen MR) is 102 cm³/mol. The minimum atomic E-state index is -1.50. The van der Waals surface area contributed by atoms with E-state index in [4.69, 9.17) is 0 Å². The molecule has 0 saturated carbocycles. The SMILES string of the molecule is CCC(=O)OOC(=O)C1=C(C(=O)O)N2C(=O)C(NC(=O)Cc3ccccc3)[C@H]2SC1. The van der Waals surface area contributed by atoms with Gasteiger partial charge in [0.25, 0.3) is 5.91 Å². The van der Waals surface area contributed by atoms with E-state index in [1.165, 1.54) is 6.92 Å². The number of amides is 2. The Bertz CT molecular complexity index is 930. The average molecular weight is 434 g/mol. The van der Waals surface area contributed by atoms with Gasteiger partial charge in [-0.25, -0.2) is 24.2 Å². The number of benzene rings is 1. The van der Waals surface area contributed by atoms with Crippen LogP contribution >= 0.6 is 11.8 Å². The Balaban J connectivity index is 1.70. The van der Waals surface area contributed by atoms with Crippen LogP contribution in [0.15, 0.2) is 41.6 Å². The number of aliphatic carboxylic acids is 1. The molecule has 1 unspecified atom stereocenters. The van der Waals surface area contributed by atoms with Crippen LogP contribution < -0.4 is 5.32 Å². The van der Waals surface area contributed by atoms with Crippen LogP contribution in [0.3, 0.4) is 0 Å². The summed E-state index contributed by atoms with van der Waals surface area (Å²) in [7, 11) is 0. The maximum absolute atomic E-state index is 12.5. The summed E-state index contributed by atoms with van der Waals surface area (Å²) >= 11 is 1.10. The Labute approximate surface area is 175 Å². The lowest BCUT2D eigenvalue weighted by Crippen LogP contribution is -2.70. The molecule has 1 aromatic carbocycles. The number of β-lactam (4-membered cyclic amide) rings is 1. The molecule has 1 aromatic rings. The van der Waals surface area contributed by atoms with Crippen molar-refractivity contribution in [2.24, 2.45) is 0 Å². The van der Waals surface area contributed by atoms with Crippen LogP contribution in [0.25, 0.3) is 0 Å². The summed E-state index contributed by atoms with van der Waals surface area (Å²) in [6.07, 6.45) is 0.0356. The third-order valence-corrected chi connectivity index (χ3v) is 5.72. The molecule has 2 N–H and O–H groups in total. The van der Waals surface area contributed by atoms with Crippen LogP contribution in [-0.2, 0) is 40.2 Å². The van der Waals surface area contributed by atoms with Crippen LogP contribution in [0.1, 0.15) is 18.9 Å². The molecular weight excluding hydrogens is 416 g/mol. The zero-order valence-electron chi connectivity index (χ0n) is 15.8. The second-order valence-corrected chi connectivity index (χ2v) is 7.53. The number of nitrogens with one attached hydrogen (secondary N) is 1.